The number of ether oxygens (including phenoxy) is 2. The zero-order valence-corrected chi connectivity index (χ0v) is 17.4. The van der Waals surface area contributed by atoms with Crippen molar-refractivity contribution in [2.24, 2.45) is 5.92 Å². The number of hydrogen-bond acceptors (Lipinski definition) is 4. The number of carbonyl (C=O) groups is 1. The lowest BCUT2D eigenvalue weighted by molar-refractivity contribution is -0.148. The predicted octanol–water partition coefficient (Wildman–Crippen LogP) is 4.33. The molecule has 152 valence electrons. The second-order valence-corrected chi connectivity index (χ2v) is 8.03. The monoisotopic (exact) mass is 376 g/mol. The van der Waals surface area contributed by atoms with Gasteiger partial charge in [-0.25, -0.2) is 0 Å². The van der Waals surface area contributed by atoms with E-state index in [2.05, 4.69) is 38.2 Å². The Balaban J connectivity index is 1.92. The van der Waals surface area contributed by atoms with Crippen molar-refractivity contribution in [2.75, 3.05) is 39.2 Å². The molecule has 0 heterocycles. The van der Waals surface area contributed by atoms with Gasteiger partial charge in [0.1, 0.15) is 11.4 Å². The van der Waals surface area contributed by atoms with E-state index in [1.54, 1.807) is 0 Å². The van der Waals surface area contributed by atoms with Gasteiger partial charge in [-0.15, -0.1) is 0 Å². The third-order valence-corrected chi connectivity index (χ3v) is 5.08. The van der Waals surface area contributed by atoms with Crippen molar-refractivity contribution in [2.45, 2.75) is 58.0 Å². The summed E-state index contributed by atoms with van der Waals surface area (Å²) >= 11 is 0. The van der Waals surface area contributed by atoms with Gasteiger partial charge in [0.2, 0.25) is 0 Å². The summed E-state index contributed by atoms with van der Waals surface area (Å²) in [5.74, 6) is 1.33. The first kappa shape index (κ1) is 21.7. The van der Waals surface area contributed by atoms with Gasteiger partial charge in [0.05, 0.1) is 6.61 Å². The first-order valence-corrected chi connectivity index (χ1v) is 10.3. The smallest absolute Gasteiger partial charge is 0.256 e. The van der Waals surface area contributed by atoms with Gasteiger partial charge < -0.3 is 19.7 Å². The van der Waals surface area contributed by atoms with Crippen LogP contribution in [0.3, 0.4) is 0 Å². The van der Waals surface area contributed by atoms with Crippen LogP contribution in [0.5, 0.6) is 5.75 Å². The fraction of sp³-hybridized carbons (Fsp3) is 0.682. The Labute approximate surface area is 164 Å². The highest BCUT2D eigenvalue weighted by Gasteiger charge is 2.42. The van der Waals surface area contributed by atoms with E-state index in [-0.39, 0.29) is 5.91 Å². The van der Waals surface area contributed by atoms with Gasteiger partial charge in [-0.05, 0) is 76.4 Å². The van der Waals surface area contributed by atoms with Gasteiger partial charge in [-0.3, -0.25) is 4.79 Å². The highest BCUT2D eigenvalue weighted by atomic mass is 16.5. The second kappa shape index (κ2) is 10.7. The number of anilines is 1. The Bertz CT molecular complexity index is 573. The Kier molecular flexibility index (Phi) is 8.58. The van der Waals surface area contributed by atoms with Crippen LogP contribution in [0.15, 0.2) is 24.3 Å². The molecule has 1 aliphatic rings. The SMILES string of the molecule is CCCO[C@@]1(C(=O)Nc2ccc(OCCCN(C)C)cc2)CCC[C@@H](C)C1. The zero-order chi connectivity index (χ0) is 19.7. The first-order valence-electron chi connectivity index (χ1n) is 10.3. The minimum absolute atomic E-state index is 0.0119. The molecule has 0 radical (unpaired) electrons. The summed E-state index contributed by atoms with van der Waals surface area (Å²) in [4.78, 5) is 15.2. The number of hydrogen-bond donors (Lipinski definition) is 1. The molecule has 1 saturated carbocycles. The van der Waals surface area contributed by atoms with E-state index in [1.807, 2.05) is 24.3 Å². The minimum Gasteiger partial charge on any atom is -0.494 e. The van der Waals surface area contributed by atoms with Gasteiger partial charge in [-0.1, -0.05) is 20.3 Å². The van der Waals surface area contributed by atoms with Gasteiger partial charge >= 0.3 is 0 Å². The quantitative estimate of drug-likeness (QED) is 0.618. The van der Waals surface area contributed by atoms with E-state index in [1.165, 1.54) is 6.42 Å². The lowest BCUT2D eigenvalue weighted by atomic mass is 9.78. The Morgan fingerprint density at radius 1 is 1.26 bits per heavy atom. The summed E-state index contributed by atoms with van der Waals surface area (Å²) in [5.41, 5.74) is 0.105. The van der Waals surface area contributed by atoms with Crippen molar-refractivity contribution in [3.8, 4) is 5.75 Å². The molecule has 0 aromatic heterocycles. The van der Waals surface area contributed by atoms with Crippen molar-refractivity contribution < 1.29 is 14.3 Å². The summed E-state index contributed by atoms with van der Waals surface area (Å²) in [6.45, 7) is 6.61. The summed E-state index contributed by atoms with van der Waals surface area (Å²) in [6, 6.07) is 7.63. The maximum absolute atomic E-state index is 13.0. The van der Waals surface area contributed by atoms with Crippen molar-refractivity contribution in [3.63, 3.8) is 0 Å². The normalized spacial score (nSPS) is 22.6. The molecule has 0 aliphatic heterocycles. The van der Waals surface area contributed by atoms with Gasteiger partial charge in [0.25, 0.3) is 5.91 Å². The van der Waals surface area contributed by atoms with E-state index in [4.69, 9.17) is 9.47 Å². The van der Waals surface area contributed by atoms with Crippen LogP contribution in [-0.4, -0.2) is 50.3 Å². The Hall–Kier alpha value is -1.59. The molecular weight excluding hydrogens is 340 g/mol. The van der Waals surface area contributed by atoms with Crippen LogP contribution in [0, 0.1) is 5.92 Å². The van der Waals surface area contributed by atoms with Crippen LogP contribution in [-0.2, 0) is 9.53 Å². The molecule has 5 heteroatoms. The van der Waals surface area contributed by atoms with Crippen LogP contribution in [0.2, 0.25) is 0 Å². The third-order valence-electron chi connectivity index (χ3n) is 5.08. The fourth-order valence-corrected chi connectivity index (χ4v) is 3.65. The molecule has 1 amide bonds. The molecule has 0 spiro atoms. The molecule has 0 unspecified atom stereocenters. The van der Waals surface area contributed by atoms with Crippen molar-refractivity contribution >= 4 is 11.6 Å². The third kappa shape index (κ3) is 6.82. The standard InChI is InChI=1S/C22H36N2O3/c1-5-15-27-22(13-6-8-18(2)17-22)21(25)23-19-9-11-20(12-10-19)26-16-7-14-24(3)4/h9-12,18H,5-8,13-17H2,1-4H3,(H,23,25)/t18-,22+/m1/s1. The molecule has 2 rings (SSSR count). The van der Waals surface area contributed by atoms with E-state index >= 15 is 0 Å². The number of nitrogens with zero attached hydrogens (tertiary/aromatic N) is 1. The topological polar surface area (TPSA) is 50.8 Å². The van der Waals surface area contributed by atoms with E-state index in [0.29, 0.717) is 19.1 Å². The average Bonchev–Trinajstić information content (AvgIpc) is 2.64. The zero-order valence-electron chi connectivity index (χ0n) is 17.4. The maximum Gasteiger partial charge on any atom is 0.256 e. The largest absolute Gasteiger partial charge is 0.494 e. The summed E-state index contributed by atoms with van der Waals surface area (Å²) in [6.07, 6.45) is 5.72. The number of benzene rings is 1. The van der Waals surface area contributed by atoms with Gasteiger partial charge in [0, 0.05) is 18.8 Å². The van der Waals surface area contributed by atoms with E-state index in [9.17, 15) is 4.79 Å². The van der Waals surface area contributed by atoms with E-state index in [0.717, 1.165) is 50.1 Å². The Morgan fingerprint density at radius 2 is 2.00 bits per heavy atom. The highest BCUT2D eigenvalue weighted by Crippen LogP contribution is 2.36. The molecular formula is C22H36N2O3. The number of rotatable bonds is 10. The molecule has 0 bridgehead atoms. The molecule has 1 N–H and O–H groups in total. The van der Waals surface area contributed by atoms with Gasteiger partial charge in [0.15, 0.2) is 0 Å². The van der Waals surface area contributed by atoms with Crippen molar-refractivity contribution in [1.29, 1.82) is 0 Å². The highest BCUT2D eigenvalue weighted by molar-refractivity contribution is 5.97. The predicted molar refractivity (Wildman–Crippen MR) is 110 cm³/mol. The molecule has 2 atom stereocenters. The molecule has 0 saturated heterocycles. The lowest BCUT2D eigenvalue weighted by Gasteiger charge is -2.38. The molecule has 1 aliphatic carbocycles. The second-order valence-electron chi connectivity index (χ2n) is 8.03. The summed E-state index contributed by atoms with van der Waals surface area (Å²) in [5, 5.41) is 3.07. The number of nitrogens with one attached hydrogen (secondary N) is 1. The van der Waals surface area contributed by atoms with Crippen LogP contribution in [0.4, 0.5) is 5.69 Å². The first-order chi connectivity index (χ1) is 12.9. The van der Waals surface area contributed by atoms with Crippen molar-refractivity contribution in [3.05, 3.63) is 24.3 Å². The molecule has 5 nitrogen and oxygen atoms in total. The lowest BCUT2D eigenvalue weighted by Crippen LogP contribution is -2.48. The minimum atomic E-state index is -0.685. The average molecular weight is 377 g/mol. The van der Waals surface area contributed by atoms with Crippen LogP contribution < -0.4 is 10.1 Å². The molecule has 27 heavy (non-hydrogen) atoms. The maximum atomic E-state index is 13.0. The van der Waals surface area contributed by atoms with Gasteiger partial charge in [-0.2, -0.15) is 0 Å². The summed E-state index contributed by atoms with van der Waals surface area (Å²) < 4.78 is 11.8. The van der Waals surface area contributed by atoms with Crippen LogP contribution in [0.25, 0.3) is 0 Å². The number of carbonyl (C=O) groups excluding carboxylic acids is 1. The summed E-state index contributed by atoms with van der Waals surface area (Å²) in [7, 11) is 4.11. The fourth-order valence-electron chi connectivity index (χ4n) is 3.65. The van der Waals surface area contributed by atoms with Crippen LogP contribution >= 0.6 is 0 Å². The molecule has 1 aromatic carbocycles. The Morgan fingerprint density at radius 3 is 2.63 bits per heavy atom. The van der Waals surface area contributed by atoms with Crippen molar-refractivity contribution in [1.82, 2.24) is 4.90 Å². The van der Waals surface area contributed by atoms with Crippen LogP contribution in [0.1, 0.15) is 52.4 Å². The van der Waals surface area contributed by atoms with E-state index < -0.39 is 5.60 Å². The molecule has 1 aromatic rings. The number of amides is 1. The molecule has 1 fully saturated rings.